The number of rotatable bonds is 8. The Morgan fingerprint density at radius 1 is 1.11 bits per heavy atom. The molecule has 1 aromatic heterocycles. The zero-order valence-electron chi connectivity index (χ0n) is 14.9. The lowest BCUT2D eigenvalue weighted by Crippen LogP contribution is -2.11. The molecule has 0 atom stereocenters. The standard InChI is InChI=1S/C20H20FN3O2S/c1-14-4-6-15(7-5-14)13-19-23-24-20(26-19)22-18(25)3-2-12-27-17-10-8-16(21)9-11-17/h4-11H,2-3,12-13H2,1H3,(H,22,24,25). The van der Waals surface area contributed by atoms with Crippen molar-refractivity contribution in [3.05, 3.63) is 71.4 Å². The average molecular weight is 385 g/mol. The van der Waals surface area contributed by atoms with Crippen LogP contribution in [-0.4, -0.2) is 21.9 Å². The summed E-state index contributed by atoms with van der Waals surface area (Å²) in [6, 6.07) is 14.5. The minimum Gasteiger partial charge on any atom is -0.407 e. The van der Waals surface area contributed by atoms with Crippen LogP contribution in [0.4, 0.5) is 10.4 Å². The molecule has 0 spiro atoms. The van der Waals surface area contributed by atoms with Crippen LogP contribution in [0.1, 0.15) is 29.9 Å². The highest BCUT2D eigenvalue weighted by molar-refractivity contribution is 7.99. The van der Waals surface area contributed by atoms with Gasteiger partial charge in [-0.1, -0.05) is 34.9 Å². The fraction of sp³-hybridized carbons (Fsp3) is 0.250. The number of halogens is 1. The van der Waals surface area contributed by atoms with Crippen LogP contribution >= 0.6 is 11.8 Å². The third kappa shape index (κ3) is 6.21. The Bertz CT molecular complexity index is 879. The van der Waals surface area contributed by atoms with Crippen LogP contribution in [0.25, 0.3) is 0 Å². The van der Waals surface area contributed by atoms with Crippen LogP contribution in [0.2, 0.25) is 0 Å². The van der Waals surface area contributed by atoms with Gasteiger partial charge >= 0.3 is 6.01 Å². The molecule has 0 radical (unpaired) electrons. The molecule has 7 heteroatoms. The van der Waals surface area contributed by atoms with E-state index in [0.717, 1.165) is 16.2 Å². The predicted molar refractivity (Wildman–Crippen MR) is 103 cm³/mol. The topological polar surface area (TPSA) is 68.0 Å². The molecule has 3 rings (SSSR count). The van der Waals surface area contributed by atoms with E-state index in [0.29, 0.717) is 25.2 Å². The Hall–Kier alpha value is -2.67. The van der Waals surface area contributed by atoms with Gasteiger partial charge in [0.25, 0.3) is 0 Å². The van der Waals surface area contributed by atoms with Crippen LogP contribution in [0, 0.1) is 12.7 Å². The van der Waals surface area contributed by atoms with Crippen molar-refractivity contribution in [2.45, 2.75) is 31.1 Å². The Morgan fingerprint density at radius 2 is 1.85 bits per heavy atom. The second-order valence-corrected chi connectivity index (χ2v) is 7.29. The van der Waals surface area contributed by atoms with Crippen LogP contribution in [0.5, 0.6) is 0 Å². The van der Waals surface area contributed by atoms with Crippen molar-refractivity contribution in [3.8, 4) is 0 Å². The lowest BCUT2D eigenvalue weighted by atomic mass is 10.1. The predicted octanol–water partition coefficient (Wildman–Crippen LogP) is 4.62. The minimum atomic E-state index is -0.250. The van der Waals surface area contributed by atoms with Gasteiger partial charge < -0.3 is 4.42 Å². The molecule has 5 nitrogen and oxygen atoms in total. The van der Waals surface area contributed by atoms with Crippen molar-refractivity contribution >= 4 is 23.7 Å². The molecule has 0 aliphatic carbocycles. The van der Waals surface area contributed by atoms with Crippen molar-refractivity contribution < 1.29 is 13.6 Å². The Kier molecular flexibility index (Phi) is 6.59. The molecule has 3 aromatic rings. The maximum absolute atomic E-state index is 12.8. The van der Waals surface area contributed by atoms with Crippen molar-refractivity contribution in [1.82, 2.24) is 10.2 Å². The number of hydrogen-bond donors (Lipinski definition) is 1. The van der Waals surface area contributed by atoms with E-state index >= 15 is 0 Å². The molecule has 0 fully saturated rings. The second kappa shape index (κ2) is 9.32. The van der Waals surface area contributed by atoms with Gasteiger partial charge in [0.15, 0.2) is 0 Å². The Balaban J connectivity index is 1.39. The summed E-state index contributed by atoms with van der Waals surface area (Å²) < 4.78 is 18.3. The summed E-state index contributed by atoms with van der Waals surface area (Å²) in [5, 5.41) is 10.5. The first kappa shape index (κ1) is 19.1. The maximum atomic E-state index is 12.8. The number of hydrogen-bond acceptors (Lipinski definition) is 5. The highest BCUT2D eigenvalue weighted by atomic mass is 32.2. The van der Waals surface area contributed by atoms with Crippen molar-refractivity contribution in [3.63, 3.8) is 0 Å². The van der Waals surface area contributed by atoms with E-state index in [1.165, 1.54) is 17.7 Å². The molecule has 0 aliphatic heterocycles. The molecular formula is C20H20FN3O2S. The average Bonchev–Trinajstić information content (AvgIpc) is 3.09. The van der Waals surface area contributed by atoms with E-state index in [4.69, 9.17) is 4.42 Å². The molecule has 0 unspecified atom stereocenters. The summed E-state index contributed by atoms with van der Waals surface area (Å²) in [5.41, 5.74) is 2.26. The number of aryl methyl sites for hydroxylation is 1. The highest BCUT2D eigenvalue weighted by Crippen LogP contribution is 2.19. The van der Waals surface area contributed by atoms with E-state index in [9.17, 15) is 9.18 Å². The summed E-state index contributed by atoms with van der Waals surface area (Å²) in [4.78, 5) is 13.0. The lowest BCUT2D eigenvalue weighted by Gasteiger charge is -2.02. The smallest absolute Gasteiger partial charge is 0.322 e. The molecule has 0 saturated carbocycles. The molecule has 0 bridgehead atoms. The van der Waals surface area contributed by atoms with E-state index in [2.05, 4.69) is 15.5 Å². The summed E-state index contributed by atoms with van der Waals surface area (Å²) in [7, 11) is 0. The molecule has 1 amide bonds. The number of aromatic nitrogens is 2. The quantitative estimate of drug-likeness (QED) is 0.453. The summed E-state index contributed by atoms with van der Waals surface area (Å²) in [6.45, 7) is 2.03. The second-order valence-electron chi connectivity index (χ2n) is 6.12. The normalized spacial score (nSPS) is 10.7. The summed E-state index contributed by atoms with van der Waals surface area (Å²) in [5.74, 6) is 0.808. The first-order chi connectivity index (χ1) is 13.1. The number of carbonyl (C=O) groups excluding carboxylic acids is 1. The molecule has 2 aromatic carbocycles. The molecular weight excluding hydrogens is 365 g/mol. The number of amides is 1. The SMILES string of the molecule is Cc1ccc(Cc2nnc(NC(=O)CCCSc3ccc(F)cc3)o2)cc1. The first-order valence-corrected chi connectivity index (χ1v) is 9.63. The molecule has 27 heavy (non-hydrogen) atoms. The molecule has 1 heterocycles. The van der Waals surface area contributed by atoms with Crippen molar-refractivity contribution in [1.29, 1.82) is 0 Å². The molecule has 0 aliphatic rings. The maximum Gasteiger partial charge on any atom is 0.322 e. The van der Waals surface area contributed by atoms with E-state index in [1.54, 1.807) is 23.9 Å². The van der Waals surface area contributed by atoms with Gasteiger partial charge in [-0.15, -0.1) is 16.9 Å². The number of anilines is 1. The van der Waals surface area contributed by atoms with Crippen LogP contribution in [-0.2, 0) is 11.2 Å². The van der Waals surface area contributed by atoms with Crippen molar-refractivity contribution in [2.24, 2.45) is 0 Å². The third-order valence-corrected chi connectivity index (χ3v) is 4.92. The lowest BCUT2D eigenvalue weighted by molar-refractivity contribution is -0.116. The number of nitrogens with zero attached hydrogens (tertiary/aromatic N) is 2. The van der Waals surface area contributed by atoms with Crippen LogP contribution < -0.4 is 5.32 Å². The van der Waals surface area contributed by atoms with E-state index in [1.807, 2.05) is 31.2 Å². The fourth-order valence-corrected chi connectivity index (χ4v) is 3.24. The number of thioether (sulfide) groups is 1. The summed E-state index contributed by atoms with van der Waals surface area (Å²) in [6.07, 6.45) is 1.57. The van der Waals surface area contributed by atoms with Crippen LogP contribution in [0.3, 0.4) is 0 Å². The number of nitrogens with one attached hydrogen (secondary N) is 1. The summed E-state index contributed by atoms with van der Waals surface area (Å²) >= 11 is 1.59. The van der Waals surface area contributed by atoms with Gasteiger partial charge in [0.2, 0.25) is 11.8 Å². The van der Waals surface area contributed by atoms with Gasteiger partial charge in [-0.3, -0.25) is 10.1 Å². The van der Waals surface area contributed by atoms with E-state index < -0.39 is 0 Å². The monoisotopic (exact) mass is 385 g/mol. The van der Waals surface area contributed by atoms with Gasteiger partial charge in [0, 0.05) is 11.3 Å². The van der Waals surface area contributed by atoms with Gasteiger partial charge in [0.05, 0.1) is 6.42 Å². The molecule has 0 saturated heterocycles. The largest absolute Gasteiger partial charge is 0.407 e. The Morgan fingerprint density at radius 3 is 2.59 bits per heavy atom. The van der Waals surface area contributed by atoms with Gasteiger partial charge in [0.1, 0.15) is 5.82 Å². The van der Waals surface area contributed by atoms with Crippen LogP contribution in [0.15, 0.2) is 57.8 Å². The van der Waals surface area contributed by atoms with Gasteiger partial charge in [-0.25, -0.2) is 4.39 Å². The number of carbonyl (C=O) groups is 1. The minimum absolute atomic E-state index is 0.119. The van der Waals surface area contributed by atoms with Gasteiger partial charge in [-0.2, -0.15) is 0 Å². The van der Waals surface area contributed by atoms with Gasteiger partial charge in [-0.05, 0) is 48.9 Å². The van der Waals surface area contributed by atoms with Crippen molar-refractivity contribution in [2.75, 3.05) is 11.1 Å². The Labute approximate surface area is 161 Å². The highest BCUT2D eigenvalue weighted by Gasteiger charge is 2.10. The zero-order chi connectivity index (χ0) is 19.1. The fourth-order valence-electron chi connectivity index (χ4n) is 2.39. The number of benzene rings is 2. The zero-order valence-corrected chi connectivity index (χ0v) is 15.8. The molecule has 140 valence electrons. The first-order valence-electron chi connectivity index (χ1n) is 8.64. The third-order valence-electron chi connectivity index (χ3n) is 3.82. The van der Waals surface area contributed by atoms with E-state index in [-0.39, 0.29) is 17.7 Å². The molecule has 1 N–H and O–H groups in total.